The Kier molecular flexibility index (Phi) is 7.53. The Labute approximate surface area is 229 Å². The topological polar surface area (TPSA) is 85.6 Å². The molecule has 0 spiro atoms. The molecule has 0 radical (unpaired) electrons. The van der Waals surface area contributed by atoms with Gasteiger partial charge in [0.15, 0.2) is 10.7 Å². The normalized spacial score (nSPS) is 10.7. The van der Waals surface area contributed by atoms with Gasteiger partial charge in [-0.2, -0.15) is 0 Å². The minimum absolute atomic E-state index is 0.149. The van der Waals surface area contributed by atoms with Crippen molar-refractivity contribution in [3.05, 3.63) is 107 Å². The van der Waals surface area contributed by atoms with E-state index >= 15 is 0 Å². The van der Waals surface area contributed by atoms with Gasteiger partial charge in [-0.1, -0.05) is 48.0 Å². The van der Waals surface area contributed by atoms with Gasteiger partial charge in [-0.05, 0) is 72.4 Å². The van der Waals surface area contributed by atoms with Crippen LogP contribution in [0.25, 0.3) is 22.6 Å². The minimum atomic E-state index is -0.353. The summed E-state index contributed by atoms with van der Waals surface area (Å²) in [6.07, 6.45) is 0. The van der Waals surface area contributed by atoms with Crippen LogP contribution >= 0.6 is 23.8 Å². The van der Waals surface area contributed by atoms with Crippen molar-refractivity contribution in [1.82, 2.24) is 10.3 Å². The van der Waals surface area contributed by atoms with Gasteiger partial charge in [0.2, 0.25) is 5.89 Å². The first-order chi connectivity index (χ1) is 18.5. The highest BCUT2D eigenvalue weighted by atomic mass is 35.5. The van der Waals surface area contributed by atoms with E-state index in [2.05, 4.69) is 15.6 Å². The number of amides is 1. The number of nitrogens with zero attached hydrogens (tertiary/aromatic N) is 1. The summed E-state index contributed by atoms with van der Waals surface area (Å²) in [7, 11) is 1.56. The lowest BCUT2D eigenvalue weighted by molar-refractivity contribution is 0.0977. The maximum absolute atomic E-state index is 12.8. The fraction of sp³-hybridized carbons (Fsp3) is 0.0690. The molecular weight excluding hydrogens is 522 g/mol. The highest BCUT2D eigenvalue weighted by molar-refractivity contribution is 7.80. The van der Waals surface area contributed by atoms with E-state index < -0.39 is 0 Å². The Balaban J connectivity index is 1.22. The van der Waals surface area contributed by atoms with E-state index in [-0.39, 0.29) is 11.0 Å². The first kappa shape index (κ1) is 25.3. The van der Waals surface area contributed by atoms with Crippen molar-refractivity contribution >= 4 is 51.6 Å². The summed E-state index contributed by atoms with van der Waals surface area (Å²) in [5.74, 6) is 1.23. The molecule has 2 N–H and O–H groups in total. The number of halogens is 1. The van der Waals surface area contributed by atoms with E-state index in [9.17, 15) is 4.79 Å². The van der Waals surface area contributed by atoms with E-state index in [1.807, 2.05) is 36.4 Å². The zero-order valence-electron chi connectivity index (χ0n) is 20.2. The lowest BCUT2D eigenvalue weighted by Crippen LogP contribution is -2.34. The summed E-state index contributed by atoms with van der Waals surface area (Å²) < 4.78 is 16.9. The maximum atomic E-state index is 12.8. The fourth-order valence-electron chi connectivity index (χ4n) is 3.73. The molecule has 0 aliphatic rings. The SMILES string of the molecule is COc1ccc(-c2nc3cc(NC(=S)NC(=O)c4cccc(OCc5ccccc5)c4)ccc3o2)cc1Cl. The number of hydrogen-bond acceptors (Lipinski definition) is 6. The van der Waals surface area contributed by atoms with Crippen molar-refractivity contribution < 1.29 is 18.7 Å². The van der Waals surface area contributed by atoms with Crippen LogP contribution in [0.3, 0.4) is 0 Å². The van der Waals surface area contributed by atoms with Crippen molar-refractivity contribution in [1.29, 1.82) is 0 Å². The van der Waals surface area contributed by atoms with Crippen molar-refractivity contribution in [2.75, 3.05) is 12.4 Å². The molecule has 1 heterocycles. The Morgan fingerprint density at radius 3 is 2.63 bits per heavy atom. The molecule has 1 aromatic heterocycles. The molecule has 0 aliphatic carbocycles. The number of oxazole rings is 1. The van der Waals surface area contributed by atoms with Gasteiger partial charge in [-0.25, -0.2) is 4.98 Å². The van der Waals surface area contributed by atoms with Crippen molar-refractivity contribution in [2.45, 2.75) is 6.61 Å². The van der Waals surface area contributed by atoms with Gasteiger partial charge in [0, 0.05) is 16.8 Å². The average molecular weight is 544 g/mol. The average Bonchev–Trinajstić information content (AvgIpc) is 3.36. The molecular formula is C29H22ClN3O4S. The summed E-state index contributed by atoms with van der Waals surface area (Å²) in [4.78, 5) is 17.3. The number of fused-ring (bicyclic) bond motifs is 1. The van der Waals surface area contributed by atoms with E-state index in [4.69, 9.17) is 37.7 Å². The summed E-state index contributed by atoms with van der Waals surface area (Å²) in [5, 5.41) is 6.33. The van der Waals surface area contributed by atoms with Crippen LogP contribution in [0.5, 0.6) is 11.5 Å². The second-order valence-electron chi connectivity index (χ2n) is 8.26. The number of hydrogen-bond donors (Lipinski definition) is 2. The van der Waals surface area contributed by atoms with Crippen LogP contribution in [0.2, 0.25) is 5.02 Å². The molecule has 190 valence electrons. The summed E-state index contributed by atoms with van der Waals surface area (Å²) in [6, 6.07) is 27.4. The number of benzene rings is 4. The van der Waals surface area contributed by atoms with Crippen LogP contribution in [0.15, 0.2) is 95.4 Å². The number of carbonyl (C=O) groups is 1. The second kappa shape index (κ2) is 11.3. The van der Waals surface area contributed by atoms with Crippen molar-refractivity contribution in [3.63, 3.8) is 0 Å². The lowest BCUT2D eigenvalue weighted by Gasteiger charge is -2.11. The molecule has 5 aromatic rings. The summed E-state index contributed by atoms with van der Waals surface area (Å²) in [5.41, 5.74) is 4.05. The Bertz CT molecular complexity index is 1620. The maximum Gasteiger partial charge on any atom is 0.257 e. The molecule has 9 heteroatoms. The van der Waals surface area contributed by atoms with Crippen LogP contribution in [0.4, 0.5) is 5.69 Å². The molecule has 0 aliphatic heterocycles. The van der Waals surface area contributed by atoms with E-state index in [1.165, 1.54) is 0 Å². The number of aromatic nitrogens is 1. The number of anilines is 1. The zero-order valence-corrected chi connectivity index (χ0v) is 21.8. The van der Waals surface area contributed by atoms with Gasteiger partial charge in [0.05, 0.1) is 12.1 Å². The van der Waals surface area contributed by atoms with Crippen LogP contribution in [0, 0.1) is 0 Å². The highest BCUT2D eigenvalue weighted by Gasteiger charge is 2.13. The molecule has 38 heavy (non-hydrogen) atoms. The van der Waals surface area contributed by atoms with Crippen LogP contribution < -0.4 is 20.1 Å². The van der Waals surface area contributed by atoms with E-state index in [1.54, 1.807) is 61.7 Å². The van der Waals surface area contributed by atoms with E-state index in [0.29, 0.717) is 51.4 Å². The molecule has 0 saturated carbocycles. The third-order valence-corrected chi connectivity index (χ3v) is 6.12. The van der Waals surface area contributed by atoms with Gasteiger partial charge in [0.1, 0.15) is 23.6 Å². The smallest absolute Gasteiger partial charge is 0.257 e. The molecule has 5 rings (SSSR count). The van der Waals surface area contributed by atoms with Gasteiger partial charge in [-0.15, -0.1) is 0 Å². The molecule has 0 bridgehead atoms. The lowest BCUT2D eigenvalue weighted by atomic mass is 10.2. The van der Waals surface area contributed by atoms with Crippen molar-refractivity contribution in [3.8, 4) is 23.0 Å². The zero-order chi connectivity index (χ0) is 26.5. The number of methoxy groups -OCH3 is 1. The third kappa shape index (κ3) is 5.94. The number of ether oxygens (including phenoxy) is 2. The molecule has 0 unspecified atom stereocenters. The summed E-state index contributed by atoms with van der Waals surface area (Å²) >= 11 is 11.6. The van der Waals surface area contributed by atoms with Gasteiger partial charge < -0.3 is 19.2 Å². The van der Waals surface area contributed by atoms with Gasteiger partial charge in [-0.3, -0.25) is 10.1 Å². The third-order valence-electron chi connectivity index (χ3n) is 5.62. The number of thiocarbonyl (C=S) groups is 1. The predicted octanol–water partition coefficient (Wildman–Crippen LogP) is 6.86. The molecule has 0 saturated heterocycles. The fourth-order valence-corrected chi connectivity index (χ4v) is 4.20. The number of carbonyl (C=O) groups excluding carboxylic acids is 1. The Morgan fingerprint density at radius 1 is 1.00 bits per heavy atom. The van der Waals surface area contributed by atoms with Gasteiger partial charge >= 0.3 is 0 Å². The van der Waals surface area contributed by atoms with Crippen LogP contribution in [-0.2, 0) is 6.61 Å². The molecule has 0 atom stereocenters. The minimum Gasteiger partial charge on any atom is -0.495 e. The van der Waals surface area contributed by atoms with Crippen molar-refractivity contribution in [2.24, 2.45) is 0 Å². The standard InChI is InChI=1S/C29H22ClN3O4S/c1-35-25-12-10-20(15-23(25)30)28-32-24-16-21(11-13-26(24)37-28)31-29(38)33-27(34)19-8-5-9-22(14-19)36-17-18-6-3-2-4-7-18/h2-16H,17H2,1H3,(H2,31,33,34,38). The quantitative estimate of drug-likeness (QED) is 0.217. The first-order valence-corrected chi connectivity index (χ1v) is 12.4. The Hall–Kier alpha value is -4.40. The van der Waals surface area contributed by atoms with Crippen LogP contribution in [0.1, 0.15) is 15.9 Å². The number of rotatable bonds is 7. The van der Waals surface area contributed by atoms with E-state index in [0.717, 1.165) is 11.1 Å². The molecule has 4 aromatic carbocycles. The molecule has 7 nitrogen and oxygen atoms in total. The first-order valence-electron chi connectivity index (χ1n) is 11.6. The summed E-state index contributed by atoms with van der Waals surface area (Å²) in [6.45, 7) is 0.406. The number of nitrogens with one attached hydrogen (secondary N) is 2. The predicted molar refractivity (Wildman–Crippen MR) is 152 cm³/mol. The molecule has 1 amide bonds. The van der Waals surface area contributed by atoms with Gasteiger partial charge in [0.25, 0.3) is 5.91 Å². The second-order valence-corrected chi connectivity index (χ2v) is 9.08. The van der Waals surface area contributed by atoms with Crippen LogP contribution in [-0.4, -0.2) is 23.1 Å². The largest absolute Gasteiger partial charge is 0.495 e. The Morgan fingerprint density at radius 2 is 1.84 bits per heavy atom. The monoisotopic (exact) mass is 543 g/mol. The highest BCUT2D eigenvalue weighted by Crippen LogP contribution is 2.32. The molecule has 0 fully saturated rings.